The van der Waals surface area contributed by atoms with Gasteiger partial charge < -0.3 is 5.32 Å². The molecule has 1 aliphatic heterocycles. The number of nitrogens with one attached hydrogen (secondary N) is 1. The van der Waals surface area contributed by atoms with E-state index in [0.29, 0.717) is 11.6 Å². The molecule has 0 bridgehead atoms. The Morgan fingerprint density at radius 2 is 2.20 bits per heavy atom. The summed E-state index contributed by atoms with van der Waals surface area (Å²) in [5.74, 6) is 0.914. The van der Waals surface area contributed by atoms with Crippen molar-refractivity contribution in [2.75, 3.05) is 13.1 Å². The molecular weight excluding hydrogens is 264 g/mol. The van der Waals surface area contributed by atoms with E-state index in [1.54, 1.807) is 10.4 Å². The molecule has 1 aliphatic carbocycles. The van der Waals surface area contributed by atoms with Crippen LogP contribution >= 0.6 is 11.3 Å². The lowest BCUT2D eigenvalue weighted by Crippen LogP contribution is -2.63. The minimum atomic E-state index is 0.356. The third-order valence-electron chi connectivity index (χ3n) is 5.30. The van der Waals surface area contributed by atoms with Gasteiger partial charge in [0, 0.05) is 36.1 Å². The van der Waals surface area contributed by atoms with E-state index >= 15 is 0 Å². The summed E-state index contributed by atoms with van der Waals surface area (Å²) >= 11 is 1.94. The second-order valence-corrected chi connectivity index (χ2v) is 7.76. The molecule has 0 spiro atoms. The summed E-state index contributed by atoms with van der Waals surface area (Å²) in [6, 6.07) is 3.01. The Labute approximate surface area is 127 Å². The molecule has 20 heavy (non-hydrogen) atoms. The summed E-state index contributed by atoms with van der Waals surface area (Å²) in [4.78, 5) is 4.34. The maximum atomic E-state index is 3.86. The molecule has 0 amide bonds. The monoisotopic (exact) mass is 292 g/mol. The first-order valence-corrected chi connectivity index (χ1v) is 9.08. The second kappa shape index (κ2) is 5.78. The number of aryl methyl sites for hydroxylation is 1. The largest absolute Gasteiger partial charge is 0.308 e. The maximum absolute atomic E-state index is 3.86. The van der Waals surface area contributed by atoms with Gasteiger partial charge in [0.2, 0.25) is 0 Å². The van der Waals surface area contributed by atoms with Crippen LogP contribution in [0.15, 0.2) is 11.4 Å². The Morgan fingerprint density at radius 1 is 1.40 bits per heavy atom. The number of rotatable bonds is 5. The van der Waals surface area contributed by atoms with Gasteiger partial charge in [-0.25, -0.2) is 0 Å². The minimum Gasteiger partial charge on any atom is -0.308 e. The molecule has 2 atom stereocenters. The van der Waals surface area contributed by atoms with Crippen LogP contribution in [-0.2, 0) is 13.0 Å². The van der Waals surface area contributed by atoms with Crippen molar-refractivity contribution in [3.63, 3.8) is 0 Å². The van der Waals surface area contributed by atoms with Crippen molar-refractivity contribution in [1.29, 1.82) is 0 Å². The summed E-state index contributed by atoms with van der Waals surface area (Å²) in [5, 5.41) is 6.12. The molecule has 1 aromatic heterocycles. The Bertz CT molecular complexity index is 452. The standard InChI is InChI=1S/C17H28N2S/c1-4-13-8-9-20-16(13)11-19-12-17(3,14-6-7-14)18-10-15(19)5-2/h8-9,14-15,18H,4-7,10-12H2,1-3H3. The molecule has 3 rings (SSSR count). The highest BCUT2D eigenvalue weighted by Gasteiger charge is 2.45. The van der Waals surface area contributed by atoms with Crippen molar-refractivity contribution in [1.82, 2.24) is 10.2 Å². The molecule has 0 aromatic carbocycles. The highest BCUT2D eigenvalue weighted by atomic mass is 32.1. The summed E-state index contributed by atoms with van der Waals surface area (Å²) < 4.78 is 0. The van der Waals surface area contributed by atoms with E-state index < -0.39 is 0 Å². The van der Waals surface area contributed by atoms with Crippen LogP contribution in [0.2, 0.25) is 0 Å². The molecular formula is C17H28N2S. The van der Waals surface area contributed by atoms with Crippen molar-refractivity contribution < 1.29 is 0 Å². The van der Waals surface area contributed by atoms with Crippen LogP contribution in [-0.4, -0.2) is 29.6 Å². The minimum absolute atomic E-state index is 0.356. The van der Waals surface area contributed by atoms with Crippen LogP contribution in [0.1, 0.15) is 50.5 Å². The van der Waals surface area contributed by atoms with Crippen LogP contribution in [0, 0.1) is 5.92 Å². The van der Waals surface area contributed by atoms with Crippen molar-refractivity contribution in [3.8, 4) is 0 Å². The second-order valence-electron chi connectivity index (χ2n) is 6.76. The fourth-order valence-corrected chi connectivity index (χ4v) is 4.67. The molecule has 2 aliphatic rings. The Balaban J connectivity index is 1.74. The van der Waals surface area contributed by atoms with E-state index in [4.69, 9.17) is 0 Å². The summed E-state index contributed by atoms with van der Waals surface area (Å²) in [6.07, 6.45) is 5.27. The van der Waals surface area contributed by atoms with Crippen molar-refractivity contribution in [3.05, 3.63) is 21.9 Å². The van der Waals surface area contributed by atoms with E-state index in [-0.39, 0.29) is 0 Å². The fourth-order valence-electron chi connectivity index (χ4n) is 3.67. The first-order valence-electron chi connectivity index (χ1n) is 8.20. The smallest absolute Gasteiger partial charge is 0.0334 e. The lowest BCUT2D eigenvalue weighted by atomic mass is 9.90. The van der Waals surface area contributed by atoms with Crippen molar-refractivity contribution in [2.45, 2.75) is 64.6 Å². The van der Waals surface area contributed by atoms with E-state index in [1.807, 2.05) is 11.3 Å². The highest BCUT2D eigenvalue weighted by molar-refractivity contribution is 7.10. The third-order valence-corrected chi connectivity index (χ3v) is 6.25. The van der Waals surface area contributed by atoms with Gasteiger partial charge in [0.15, 0.2) is 0 Å². The number of nitrogens with zero attached hydrogens (tertiary/aromatic N) is 1. The number of hydrogen-bond acceptors (Lipinski definition) is 3. The molecule has 112 valence electrons. The zero-order valence-electron chi connectivity index (χ0n) is 13.1. The molecule has 1 aromatic rings. The maximum Gasteiger partial charge on any atom is 0.0334 e. The van der Waals surface area contributed by atoms with Gasteiger partial charge in [0.25, 0.3) is 0 Å². The van der Waals surface area contributed by atoms with E-state index in [9.17, 15) is 0 Å². The first-order chi connectivity index (χ1) is 9.66. The molecule has 1 saturated heterocycles. The van der Waals surface area contributed by atoms with Crippen LogP contribution in [0.4, 0.5) is 0 Å². The van der Waals surface area contributed by atoms with Gasteiger partial charge >= 0.3 is 0 Å². The number of thiophene rings is 1. The highest BCUT2D eigenvalue weighted by Crippen LogP contribution is 2.41. The predicted molar refractivity (Wildman–Crippen MR) is 87.3 cm³/mol. The Kier molecular flexibility index (Phi) is 4.21. The van der Waals surface area contributed by atoms with E-state index in [0.717, 1.165) is 19.0 Å². The van der Waals surface area contributed by atoms with Crippen LogP contribution in [0.25, 0.3) is 0 Å². The average Bonchev–Trinajstić information content (AvgIpc) is 3.21. The van der Waals surface area contributed by atoms with Crippen LogP contribution < -0.4 is 5.32 Å². The van der Waals surface area contributed by atoms with E-state index in [1.165, 1.54) is 32.2 Å². The Morgan fingerprint density at radius 3 is 2.85 bits per heavy atom. The molecule has 1 N–H and O–H groups in total. The van der Waals surface area contributed by atoms with Crippen LogP contribution in [0.5, 0.6) is 0 Å². The number of piperazine rings is 1. The summed E-state index contributed by atoms with van der Waals surface area (Å²) in [6.45, 7) is 10.6. The van der Waals surface area contributed by atoms with Gasteiger partial charge in [0.05, 0.1) is 0 Å². The third kappa shape index (κ3) is 2.81. The summed E-state index contributed by atoms with van der Waals surface area (Å²) in [7, 11) is 0. The predicted octanol–water partition coefficient (Wildman–Crippen LogP) is 3.66. The Hall–Kier alpha value is -0.380. The molecule has 1 saturated carbocycles. The van der Waals surface area contributed by atoms with Gasteiger partial charge in [-0.1, -0.05) is 13.8 Å². The quantitative estimate of drug-likeness (QED) is 0.891. The normalized spacial score (nSPS) is 31.6. The zero-order chi connectivity index (χ0) is 14.2. The molecule has 2 fully saturated rings. The molecule has 2 unspecified atom stereocenters. The lowest BCUT2D eigenvalue weighted by Gasteiger charge is -2.46. The SMILES string of the molecule is CCc1ccsc1CN1CC(C)(C2CC2)NCC1CC. The zero-order valence-corrected chi connectivity index (χ0v) is 13.9. The van der Waals surface area contributed by atoms with Gasteiger partial charge in [-0.2, -0.15) is 0 Å². The molecule has 2 nitrogen and oxygen atoms in total. The van der Waals surface area contributed by atoms with Crippen molar-refractivity contribution in [2.24, 2.45) is 5.92 Å². The lowest BCUT2D eigenvalue weighted by molar-refractivity contribution is 0.0672. The van der Waals surface area contributed by atoms with Gasteiger partial charge in [-0.05, 0) is 55.5 Å². The number of hydrogen-bond donors (Lipinski definition) is 1. The topological polar surface area (TPSA) is 15.3 Å². The molecule has 2 heterocycles. The average molecular weight is 292 g/mol. The van der Waals surface area contributed by atoms with E-state index in [2.05, 4.69) is 42.4 Å². The first kappa shape index (κ1) is 14.6. The van der Waals surface area contributed by atoms with Gasteiger partial charge in [0.1, 0.15) is 0 Å². The summed E-state index contributed by atoms with van der Waals surface area (Å²) in [5.41, 5.74) is 1.91. The van der Waals surface area contributed by atoms with Gasteiger partial charge in [-0.3, -0.25) is 4.90 Å². The molecule has 3 heteroatoms. The fraction of sp³-hybridized carbons (Fsp3) is 0.765. The van der Waals surface area contributed by atoms with Crippen molar-refractivity contribution >= 4 is 11.3 Å². The van der Waals surface area contributed by atoms with Gasteiger partial charge in [-0.15, -0.1) is 11.3 Å². The van der Waals surface area contributed by atoms with Crippen LogP contribution in [0.3, 0.4) is 0 Å². The molecule has 0 radical (unpaired) electrons.